The first kappa shape index (κ1) is 24.8. The second-order valence-electron chi connectivity index (χ2n) is 10.2. The number of hydrogen-bond donors (Lipinski definition) is 1. The van der Waals surface area contributed by atoms with Crippen LogP contribution < -0.4 is 10.2 Å². The highest BCUT2D eigenvalue weighted by Gasteiger charge is 2.31. The van der Waals surface area contributed by atoms with Gasteiger partial charge in [-0.1, -0.05) is 68.4 Å². The van der Waals surface area contributed by atoms with Crippen LogP contribution in [-0.2, 0) is 16.8 Å². The van der Waals surface area contributed by atoms with Gasteiger partial charge in [0.2, 0.25) is 0 Å². The van der Waals surface area contributed by atoms with Gasteiger partial charge in [0.25, 0.3) is 0 Å². The number of ether oxygens (including phenoxy) is 1. The van der Waals surface area contributed by atoms with Crippen molar-refractivity contribution in [3.05, 3.63) is 54.1 Å². The Morgan fingerprint density at radius 1 is 1.11 bits per heavy atom. The van der Waals surface area contributed by atoms with Crippen molar-refractivity contribution in [3.63, 3.8) is 0 Å². The Hall–Kier alpha value is -3.35. The SMILES string of the molecule is CCC(C)(C)n1nnc2c1-c1ccccc1CN(CCNC(=O)OCCC(C)C)c1ccccc1-2. The molecule has 186 valence electrons. The Labute approximate surface area is 208 Å². The number of benzene rings is 2. The van der Waals surface area contributed by atoms with Gasteiger partial charge in [0, 0.05) is 36.4 Å². The van der Waals surface area contributed by atoms with Gasteiger partial charge in [0.05, 0.1) is 17.8 Å². The molecule has 0 aliphatic carbocycles. The Bertz CT molecular complexity index is 1170. The van der Waals surface area contributed by atoms with Crippen LogP contribution in [0.1, 0.15) is 53.0 Å². The number of anilines is 1. The topological polar surface area (TPSA) is 72.3 Å². The number of rotatable bonds is 8. The Kier molecular flexibility index (Phi) is 7.43. The number of amides is 1. The smallest absolute Gasteiger partial charge is 0.407 e. The van der Waals surface area contributed by atoms with E-state index >= 15 is 0 Å². The monoisotopic (exact) mass is 475 g/mol. The van der Waals surface area contributed by atoms with Crippen molar-refractivity contribution < 1.29 is 9.53 Å². The molecule has 7 nitrogen and oxygen atoms in total. The lowest BCUT2D eigenvalue weighted by molar-refractivity contribution is 0.141. The summed E-state index contributed by atoms with van der Waals surface area (Å²) >= 11 is 0. The largest absolute Gasteiger partial charge is 0.450 e. The maximum atomic E-state index is 12.1. The van der Waals surface area contributed by atoms with Gasteiger partial charge in [-0.3, -0.25) is 0 Å². The highest BCUT2D eigenvalue weighted by Crippen LogP contribution is 2.42. The molecule has 0 saturated carbocycles. The fraction of sp³-hybridized carbons (Fsp3) is 0.464. The van der Waals surface area contributed by atoms with E-state index in [9.17, 15) is 4.79 Å². The van der Waals surface area contributed by atoms with E-state index < -0.39 is 0 Å². The highest BCUT2D eigenvalue weighted by atomic mass is 16.5. The van der Waals surface area contributed by atoms with Crippen molar-refractivity contribution >= 4 is 11.8 Å². The van der Waals surface area contributed by atoms with Gasteiger partial charge in [0.15, 0.2) is 0 Å². The third-order valence-corrected chi connectivity index (χ3v) is 6.82. The molecule has 1 aliphatic rings. The number of carbonyl (C=O) groups excluding carboxylic acids is 1. The molecule has 2 heterocycles. The van der Waals surface area contributed by atoms with E-state index in [4.69, 9.17) is 9.84 Å². The zero-order valence-electron chi connectivity index (χ0n) is 21.5. The normalized spacial score (nSPS) is 12.9. The molecule has 0 atom stereocenters. The molecule has 1 aliphatic heterocycles. The summed E-state index contributed by atoms with van der Waals surface area (Å²) in [5.74, 6) is 0.506. The van der Waals surface area contributed by atoms with Crippen LogP contribution in [0.5, 0.6) is 0 Å². The zero-order valence-corrected chi connectivity index (χ0v) is 21.5. The lowest BCUT2D eigenvalue weighted by atomic mass is 9.93. The first-order chi connectivity index (χ1) is 16.8. The summed E-state index contributed by atoms with van der Waals surface area (Å²) in [5.41, 5.74) is 6.27. The predicted octanol–water partition coefficient (Wildman–Crippen LogP) is 5.85. The summed E-state index contributed by atoms with van der Waals surface area (Å²) in [6.45, 7) is 13.1. The molecule has 0 saturated heterocycles. The predicted molar refractivity (Wildman–Crippen MR) is 140 cm³/mol. The third-order valence-electron chi connectivity index (χ3n) is 6.82. The van der Waals surface area contributed by atoms with Crippen LogP contribution in [0.3, 0.4) is 0 Å². The molecule has 2 aromatic carbocycles. The van der Waals surface area contributed by atoms with Gasteiger partial charge in [-0.05, 0) is 44.2 Å². The molecule has 4 rings (SSSR count). The number of aromatic nitrogens is 3. The number of nitrogens with one attached hydrogen (secondary N) is 1. The van der Waals surface area contributed by atoms with Crippen molar-refractivity contribution in [2.75, 3.05) is 24.6 Å². The number of fused-ring (bicyclic) bond motifs is 5. The van der Waals surface area contributed by atoms with E-state index in [-0.39, 0.29) is 11.6 Å². The van der Waals surface area contributed by atoms with Crippen molar-refractivity contribution in [2.45, 2.75) is 59.5 Å². The fourth-order valence-electron chi connectivity index (χ4n) is 4.34. The van der Waals surface area contributed by atoms with Gasteiger partial charge >= 0.3 is 6.09 Å². The maximum Gasteiger partial charge on any atom is 0.407 e. The Morgan fingerprint density at radius 2 is 1.83 bits per heavy atom. The maximum absolute atomic E-state index is 12.1. The molecule has 7 heteroatoms. The first-order valence-corrected chi connectivity index (χ1v) is 12.6. The molecule has 3 aromatic rings. The molecule has 0 fully saturated rings. The van der Waals surface area contributed by atoms with E-state index in [2.05, 4.69) is 91.1 Å². The van der Waals surface area contributed by atoms with E-state index in [1.54, 1.807) is 0 Å². The number of alkyl carbamates (subject to hydrolysis) is 1. The quantitative estimate of drug-likeness (QED) is 0.442. The van der Waals surface area contributed by atoms with E-state index in [1.807, 2.05) is 12.1 Å². The lowest BCUT2D eigenvalue weighted by Gasteiger charge is -2.31. The highest BCUT2D eigenvalue weighted by molar-refractivity contribution is 5.88. The Morgan fingerprint density at radius 3 is 2.57 bits per heavy atom. The molecule has 0 radical (unpaired) electrons. The summed E-state index contributed by atoms with van der Waals surface area (Å²) in [7, 11) is 0. The second kappa shape index (κ2) is 10.5. The van der Waals surface area contributed by atoms with Crippen LogP contribution in [0, 0.1) is 5.92 Å². The van der Waals surface area contributed by atoms with Gasteiger partial charge in [-0.2, -0.15) is 0 Å². The molecule has 0 bridgehead atoms. The standard InChI is InChI=1S/C28H37N5O2/c1-6-28(4,5)33-26-22-12-8-7-11-21(22)19-32(17-16-29-27(34)35-18-15-20(2)3)24-14-10-9-13-23(24)25(26)30-31-33/h7-14,20H,6,15-19H2,1-5H3,(H,29,34). The molecule has 1 N–H and O–H groups in total. The van der Waals surface area contributed by atoms with Gasteiger partial charge in [-0.25, -0.2) is 9.48 Å². The molecule has 35 heavy (non-hydrogen) atoms. The van der Waals surface area contributed by atoms with E-state index in [0.29, 0.717) is 32.2 Å². The minimum Gasteiger partial charge on any atom is -0.450 e. The number of nitrogens with zero attached hydrogens (tertiary/aromatic N) is 4. The van der Waals surface area contributed by atoms with Crippen LogP contribution in [0.4, 0.5) is 10.5 Å². The average molecular weight is 476 g/mol. The summed E-state index contributed by atoms with van der Waals surface area (Å²) in [6, 6.07) is 16.8. The van der Waals surface area contributed by atoms with Gasteiger partial charge in [0.1, 0.15) is 5.69 Å². The lowest BCUT2D eigenvalue weighted by Crippen LogP contribution is -2.36. The van der Waals surface area contributed by atoms with Crippen molar-refractivity contribution in [1.82, 2.24) is 20.3 Å². The first-order valence-electron chi connectivity index (χ1n) is 12.6. The minimum absolute atomic E-state index is 0.165. The minimum atomic E-state index is -0.363. The van der Waals surface area contributed by atoms with Crippen molar-refractivity contribution in [1.29, 1.82) is 0 Å². The van der Waals surface area contributed by atoms with Crippen LogP contribution in [0.25, 0.3) is 22.5 Å². The number of hydrogen-bond acceptors (Lipinski definition) is 5. The summed E-state index contributed by atoms with van der Waals surface area (Å²) in [4.78, 5) is 14.5. The number of para-hydroxylation sites is 1. The van der Waals surface area contributed by atoms with Crippen molar-refractivity contribution in [2.24, 2.45) is 5.92 Å². The van der Waals surface area contributed by atoms with Crippen LogP contribution in [0.15, 0.2) is 48.5 Å². The summed E-state index contributed by atoms with van der Waals surface area (Å²) < 4.78 is 7.40. The number of carbonyl (C=O) groups is 1. The molecular formula is C28H37N5O2. The molecule has 1 aromatic heterocycles. The van der Waals surface area contributed by atoms with E-state index in [1.165, 1.54) is 5.56 Å². The third kappa shape index (κ3) is 5.34. The van der Waals surface area contributed by atoms with Crippen LogP contribution in [-0.4, -0.2) is 40.8 Å². The molecular weight excluding hydrogens is 438 g/mol. The van der Waals surface area contributed by atoms with Gasteiger partial charge < -0.3 is 15.0 Å². The Balaban J connectivity index is 1.66. The summed E-state index contributed by atoms with van der Waals surface area (Å²) in [6.07, 6.45) is 1.44. The molecule has 0 spiro atoms. The van der Waals surface area contributed by atoms with Crippen LogP contribution >= 0.6 is 0 Å². The average Bonchev–Trinajstić information content (AvgIpc) is 3.28. The van der Waals surface area contributed by atoms with Crippen molar-refractivity contribution in [3.8, 4) is 22.5 Å². The molecule has 1 amide bonds. The van der Waals surface area contributed by atoms with Crippen LogP contribution in [0.2, 0.25) is 0 Å². The fourth-order valence-corrected chi connectivity index (χ4v) is 4.34. The zero-order chi connectivity index (χ0) is 25.0. The van der Waals surface area contributed by atoms with E-state index in [0.717, 1.165) is 41.0 Å². The molecule has 0 unspecified atom stereocenters. The second-order valence-corrected chi connectivity index (χ2v) is 10.2. The van der Waals surface area contributed by atoms with Gasteiger partial charge in [-0.15, -0.1) is 5.10 Å². The summed E-state index contributed by atoms with van der Waals surface area (Å²) in [5, 5.41) is 12.3.